The van der Waals surface area contributed by atoms with Gasteiger partial charge in [-0.25, -0.2) is 4.79 Å². The number of rotatable bonds is 10. The van der Waals surface area contributed by atoms with Gasteiger partial charge in [0.2, 0.25) is 0 Å². The number of pyridine rings is 1. The molecule has 7 heteroatoms. The molecule has 0 aliphatic heterocycles. The lowest BCUT2D eigenvalue weighted by Gasteiger charge is -2.21. The Hall–Kier alpha value is -2.25. The van der Waals surface area contributed by atoms with Gasteiger partial charge in [0.15, 0.2) is 0 Å². The minimum atomic E-state index is -3.73. The van der Waals surface area contributed by atoms with Crippen molar-refractivity contribution in [3.05, 3.63) is 58.9 Å². The minimum absolute atomic E-state index is 0.138. The fourth-order valence-corrected chi connectivity index (χ4v) is 4.44. The Bertz CT molecular complexity index is 1030. The van der Waals surface area contributed by atoms with Crippen molar-refractivity contribution < 1.29 is 22.1 Å². The van der Waals surface area contributed by atoms with Crippen molar-refractivity contribution in [3.63, 3.8) is 0 Å². The molecule has 1 aliphatic carbocycles. The first kappa shape index (κ1) is 24.4. The number of hydrogen-bond acceptors (Lipinski definition) is 6. The zero-order valence-corrected chi connectivity index (χ0v) is 20.2. The van der Waals surface area contributed by atoms with E-state index in [2.05, 4.69) is 4.98 Å². The largest absolute Gasteiger partial charge is 0.456 e. The molecule has 1 aromatic heterocycles. The maximum absolute atomic E-state index is 12.9. The fraction of sp³-hybridized carbons (Fsp3) is 0.520. The fourth-order valence-electron chi connectivity index (χ4n) is 3.50. The Labute approximate surface area is 191 Å². The maximum Gasteiger partial charge on any atom is 0.340 e. The summed E-state index contributed by atoms with van der Waals surface area (Å²) in [6, 6.07) is 8.52. The Kier molecular flexibility index (Phi) is 7.72. The number of ether oxygens (including phenoxy) is 1. The summed E-state index contributed by atoms with van der Waals surface area (Å²) in [5.41, 5.74) is 2.85. The Morgan fingerprint density at radius 2 is 1.75 bits per heavy atom. The Balaban J connectivity index is 1.54. The third kappa shape index (κ3) is 6.87. The van der Waals surface area contributed by atoms with Gasteiger partial charge in [0.1, 0.15) is 5.60 Å². The highest BCUT2D eigenvalue weighted by Crippen LogP contribution is 2.41. The molecule has 0 unspecified atom stereocenters. The predicted molar refractivity (Wildman–Crippen MR) is 123 cm³/mol. The average molecular weight is 460 g/mol. The van der Waals surface area contributed by atoms with Crippen LogP contribution < -0.4 is 0 Å². The van der Waals surface area contributed by atoms with E-state index < -0.39 is 15.7 Å². The molecule has 32 heavy (non-hydrogen) atoms. The van der Waals surface area contributed by atoms with Crippen LogP contribution in [0.2, 0.25) is 0 Å². The molecule has 1 saturated carbocycles. The molecule has 0 saturated heterocycles. The van der Waals surface area contributed by atoms with E-state index in [0.717, 1.165) is 42.5 Å². The quantitative estimate of drug-likeness (QED) is 0.271. The second-order valence-electron chi connectivity index (χ2n) is 9.41. The molecule has 1 aromatic carbocycles. The van der Waals surface area contributed by atoms with Gasteiger partial charge in [0.25, 0.3) is 10.1 Å². The van der Waals surface area contributed by atoms with E-state index in [0.29, 0.717) is 24.3 Å². The van der Waals surface area contributed by atoms with Crippen LogP contribution in [-0.2, 0) is 25.5 Å². The number of esters is 1. The summed E-state index contributed by atoms with van der Waals surface area (Å²) in [5, 5.41) is 0. The monoisotopic (exact) mass is 459 g/mol. The molecule has 3 rings (SSSR count). The van der Waals surface area contributed by atoms with Crippen LogP contribution in [0.25, 0.3) is 0 Å². The molecular weight excluding hydrogens is 426 g/mol. The molecule has 0 N–H and O–H groups in total. The topological polar surface area (TPSA) is 82.6 Å². The molecule has 0 radical (unpaired) electrons. The van der Waals surface area contributed by atoms with Crippen LogP contribution in [0.15, 0.2) is 41.4 Å². The van der Waals surface area contributed by atoms with E-state index in [1.807, 2.05) is 33.8 Å². The third-order valence-corrected chi connectivity index (χ3v) is 6.60. The highest BCUT2D eigenvalue weighted by Gasteiger charge is 2.32. The van der Waals surface area contributed by atoms with Crippen molar-refractivity contribution >= 4 is 16.1 Å². The second kappa shape index (κ2) is 10.1. The van der Waals surface area contributed by atoms with Crippen LogP contribution in [0.5, 0.6) is 0 Å². The number of carbonyl (C=O) groups is 1. The van der Waals surface area contributed by atoms with E-state index in [1.54, 1.807) is 30.5 Å². The number of aryl methyl sites for hydroxylation is 2. The number of benzene rings is 1. The van der Waals surface area contributed by atoms with Crippen molar-refractivity contribution in [2.24, 2.45) is 0 Å². The zero-order chi connectivity index (χ0) is 23.4. The molecule has 2 aromatic rings. The first-order chi connectivity index (χ1) is 15.1. The van der Waals surface area contributed by atoms with E-state index in [-0.39, 0.29) is 17.5 Å². The van der Waals surface area contributed by atoms with Crippen molar-refractivity contribution in [2.75, 3.05) is 6.61 Å². The maximum atomic E-state index is 12.9. The number of hydrogen-bond donors (Lipinski definition) is 0. The van der Waals surface area contributed by atoms with Crippen LogP contribution in [0, 0.1) is 6.92 Å². The van der Waals surface area contributed by atoms with Crippen LogP contribution in [-0.4, -0.2) is 31.6 Å². The molecule has 6 nitrogen and oxygen atoms in total. The minimum Gasteiger partial charge on any atom is -0.456 e. The van der Waals surface area contributed by atoms with Gasteiger partial charge in [-0.05, 0) is 83.6 Å². The van der Waals surface area contributed by atoms with Gasteiger partial charge >= 0.3 is 5.97 Å². The normalized spacial score (nSPS) is 14.4. The third-order valence-electron chi connectivity index (χ3n) is 5.27. The average Bonchev–Trinajstić information content (AvgIpc) is 3.54. The first-order valence-corrected chi connectivity index (χ1v) is 12.6. The van der Waals surface area contributed by atoms with Crippen LogP contribution in [0.3, 0.4) is 0 Å². The SMILES string of the molecule is Cc1ccc(S(=O)(=O)OCCCCCc2ccnc(C3CC3)c2C(=O)OC(C)(C)C)cc1. The molecule has 0 atom stereocenters. The molecule has 1 fully saturated rings. The summed E-state index contributed by atoms with van der Waals surface area (Å²) < 4.78 is 35.3. The van der Waals surface area contributed by atoms with Crippen LogP contribution in [0.1, 0.15) is 86.0 Å². The van der Waals surface area contributed by atoms with Crippen molar-refractivity contribution in [3.8, 4) is 0 Å². The van der Waals surface area contributed by atoms with Crippen LogP contribution in [0.4, 0.5) is 0 Å². The number of unbranched alkanes of at least 4 members (excludes halogenated alkanes) is 2. The van der Waals surface area contributed by atoms with Gasteiger partial charge in [0, 0.05) is 12.1 Å². The Morgan fingerprint density at radius 1 is 1.06 bits per heavy atom. The van der Waals surface area contributed by atoms with E-state index >= 15 is 0 Å². The van der Waals surface area contributed by atoms with E-state index in [9.17, 15) is 13.2 Å². The van der Waals surface area contributed by atoms with Gasteiger partial charge < -0.3 is 4.74 Å². The summed E-state index contributed by atoms with van der Waals surface area (Å²) in [4.78, 5) is 17.5. The molecule has 1 heterocycles. The summed E-state index contributed by atoms with van der Waals surface area (Å²) in [7, 11) is -3.73. The van der Waals surface area contributed by atoms with Crippen molar-refractivity contribution in [1.29, 1.82) is 0 Å². The zero-order valence-electron chi connectivity index (χ0n) is 19.4. The van der Waals surface area contributed by atoms with Gasteiger partial charge in [-0.1, -0.05) is 24.1 Å². The van der Waals surface area contributed by atoms with Gasteiger partial charge in [-0.2, -0.15) is 8.42 Å². The van der Waals surface area contributed by atoms with Crippen molar-refractivity contribution in [2.45, 2.75) is 82.6 Å². The van der Waals surface area contributed by atoms with Crippen molar-refractivity contribution in [1.82, 2.24) is 4.98 Å². The van der Waals surface area contributed by atoms with Crippen LogP contribution >= 0.6 is 0 Å². The number of carbonyl (C=O) groups excluding carboxylic acids is 1. The lowest BCUT2D eigenvalue weighted by Crippen LogP contribution is -2.25. The highest BCUT2D eigenvalue weighted by molar-refractivity contribution is 7.86. The number of nitrogens with zero attached hydrogens (tertiary/aromatic N) is 1. The van der Waals surface area contributed by atoms with E-state index in [4.69, 9.17) is 8.92 Å². The first-order valence-electron chi connectivity index (χ1n) is 11.2. The predicted octanol–water partition coefficient (Wildman–Crippen LogP) is 5.34. The molecule has 0 spiro atoms. The Morgan fingerprint density at radius 3 is 2.38 bits per heavy atom. The summed E-state index contributed by atoms with van der Waals surface area (Å²) >= 11 is 0. The summed E-state index contributed by atoms with van der Waals surface area (Å²) in [6.07, 6.45) is 6.82. The summed E-state index contributed by atoms with van der Waals surface area (Å²) in [5.74, 6) is 0.0351. The summed E-state index contributed by atoms with van der Waals surface area (Å²) in [6.45, 7) is 7.63. The molecule has 174 valence electrons. The lowest BCUT2D eigenvalue weighted by atomic mass is 9.98. The second-order valence-corrected chi connectivity index (χ2v) is 11.0. The standard InChI is InChI=1S/C25H33NO5S/c1-18-9-13-21(14-10-18)32(28,29)30-17-7-5-6-8-19-15-16-26-23(20-11-12-20)22(19)24(27)31-25(2,3)4/h9-10,13-16,20H,5-8,11-12,17H2,1-4H3. The molecule has 0 bridgehead atoms. The number of aromatic nitrogens is 1. The lowest BCUT2D eigenvalue weighted by molar-refractivity contribution is 0.00663. The van der Waals surface area contributed by atoms with Gasteiger partial charge in [-0.15, -0.1) is 0 Å². The molecule has 0 amide bonds. The van der Waals surface area contributed by atoms with E-state index in [1.165, 1.54) is 0 Å². The van der Waals surface area contributed by atoms with Gasteiger partial charge in [-0.3, -0.25) is 9.17 Å². The highest BCUT2D eigenvalue weighted by atomic mass is 32.2. The molecular formula is C25H33NO5S. The van der Waals surface area contributed by atoms with Gasteiger partial charge in [0.05, 0.1) is 22.8 Å². The smallest absolute Gasteiger partial charge is 0.340 e. The molecule has 1 aliphatic rings.